The Morgan fingerprint density at radius 2 is 1.89 bits per heavy atom. The summed E-state index contributed by atoms with van der Waals surface area (Å²) in [6, 6.07) is 10.9. The maximum atomic E-state index is 10.8. The van der Waals surface area contributed by atoms with Crippen molar-refractivity contribution in [3.8, 4) is 0 Å². The van der Waals surface area contributed by atoms with E-state index in [-0.39, 0.29) is 12.2 Å². The molecule has 2 aromatic rings. The molecule has 0 radical (unpaired) electrons. The van der Waals surface area contributed by atoms with E-state index in [0.717, 1.165) is 35.9 Å². The largest absolute Gasteiger partial charge is 0.325 e. The van der Waals surface area contributed by atoms with E-state index in [4.69, 9.17) is 15.5 Å². The van der Waals surface area contributed by atoms with Crippen molar-refractivity contribution in [2.75, 3.05) is 42.3 Å². The molecule has 4 N–H and O–H groups in total. The fourth-order valence-electron chi connectivity index (χ4n) is 5.75. The molecule has 5 rings (SSSR count). The Morgan fingerprint density at radius 3 is 2.66 bits per heavy atom. The highest BCUT2D eigenvalue weighted by Crippen LogP contribution is 2.42. The van der Waals surface area contributed by atoms with Gasteiger partial charge in [-0.25, -0.2) is 0 Å². The van der Waals surface area contributed by atoms with Gasteiger partial charge in [-0.05, 0) is 79.7 Å². The number of pyridine rings is 1. The van der Waals surface area contributed by atoms with E-state index in [2.05, 4.69) is 45.9 Å². The highest BCUT2D eigenvalue weighted by Gasteiger charge is 2.42. The van der Waals surface area contributed by atoms with Crippen molar-refractivity contribution < 1.29 is 14.4 Å². The third-order valence-corrected chi connectivity index (χ3v) is 10.9. The zero-order valence-electron chi connectivity index (χ0n) is 20.5. The Bertz CT molecular complexity index is 986. The molecule has 35 heavy (non-hydrogen) atoms. The van der Waals surface area contributed by atoms with Crippen LogP contribution in [0, 0.1) is 11.8 Å². The molecule has 6 nitrogen and oxygen atoms in total. The number of hydrogen-bond acceptors (Lipinski definition) is 6. The van der Waals surface area contributed by atoms with Gasteiger partial charge in [0, 0.05) is 47.9 Å². The summed E-state index contributed by atoms with van der Waals surface area (Å²) >= 11 is 4.05. The standard InChI is InChI=1S/C26H40N3O3PS2/c27-26(23-8-11-28-24-7-3-2-6-22(23)24)25-18-20-9-12-29(25)19-21(20)10-15-35-17-16-34-14-5-1-4-13-33(30,31)32/h2-3,6-8,11,20-21,25-26H,1,4-5,9-10,12-19,27H2,(H2,30,31,32)/t20-,21-,25-,26-/m0/s1. The minimum atomic E-state index is -3.81. The van der Waals surface area contributed by atoms with Crippen LogP contribution in [-0.2, 0) is 4.57 Å². The lowest BCUT2D eigenvalue weighted by Crippen LogP contribution is -2.56. The number of fused-ring (bicyclic) bond motifs is 4. The SMILES string of the molecule is N[C@@H](c1ccnc2ccccc12)[C@@H]1C[C@@H]2CCN1C[C@@H]2CCSCCSCCCCCP(=O)(O)O. The Labute approximate surface area is 218 Å². The fourth-order valence-corrected chi connectivity index (χ4v) is 8.62. The molecule has 1 aromatic carbocycles. The van der Waals surface area contributed by atoms with Gasteiger partial charge in [0.25, 0.3) is 0 Å². The molecule has 0 aliphatic carbocycles. The van der Waals surface area contributed by atoms with E-state index in [9.17, 15) is 4.57 Å². The smallest absolute Gasteiger partial charge is 0.324 e. The van der Waals surface area contributed by atoms with E-state index in [1.165, 1.54) is 60.6 Å². The maximum absolute atomic E-state index is 10.8. The molecular weight excluding hydrogens is 497 g/mol. The van der Waals surface area contributed by atoms with Crippen LogP contribution in [0.4, 0.5) is 0 Å². The Kier molecular flexibility index (Phi) is 10.4. The zero-order chi connectivity index (χ0) is 24.7. The van der Waals surface area contributed by atoms with Gasteiger partial charge in [-0.1, -0.05) is 24.6 Å². The van der Waals surface area contributed by atoms with Crippen molar-refractivity contribution in [3.05, 3.63) is 42.1 Å². The van der Waals surface area contributed by atoms with Crippen LogP contribution in [0.15, 0.2) is 36.5 Å². The Balaban J connectivity index is 1.13. The number of nitrogens with zero attached hydrogens (tertiary/aromatic N) is 2. The van der Waals surface area contributed by atoms with Crippen molar-refractivity contribution in [1.82, 2.24) is 9.88 Å². The first-order valence-electron chi connectivity index (χ1n) is 13.0. The Morgan fingerprint density at radius 1 is 1.09 bits per heavy atom. The molecule has 0 spiro atoms. The first-order valence-corrected chi connectivity index (χ1v) is 17.1. The molecule has 3 saturated heterocycles. The predicted molar refractivity (Wildman–Crippen MR) is 150 cm³/mol. The minimum Gasteiger partial charge on any atom is -0.324 e. The normalized spacial score (nSPS) is 25.2. The summed E-state index contributed by atoms with van der Waals surface area (Å²) in [5.41, 5.74) is 9.15. The van der Waals surface area contributed by atoms with Gasteiger partial charge < -0.3 is 15.5 Å². The third kappa shape index (κ3) is 7.94. The molecule has 2 bridgehead atoms. The van der Waals surface area contributed by atoms with E-state index >= 15 is 0 Å². The molecule has 3 aliphatic rings. The van der Waals surface area contributed by atoms with Crippen LogP contribution in [-0.4, -0.2) is 68.0 Å². The first-order chi connectivity index (χ1) is 16.9. The van der Waals surface area contributed by atoms with E-state index in [1.54, 1.807) is 0 Å². The molecule has 9 heteroatoms. The molecule has 4 heterocycles. The molecule has 3 fully saturated rings. The average Bonchev–Trinajstić information content (AvgIpc) is 2.86. The summed E-state index contributed by atoms with van der Waals surface area (Å²) in [7, 11) is -3.81. The van der Waals surface area contributed by atoms with Gasteiger partial charge in [-0.2, -0.15) is 23.5 Å². The maximum Gasteiger partial charge on any atom is 0.325 e. The summed E-state index contributed by atoms with van der Waals surface area (Å²) in [5.74, 6) is 6.29. The summed E-state index contributed by atoms with van der Waals surface area (Å²) in [5, 5.41) is 1.19. The van der Waals surface area contributed by atoms with Crippen molar-refractivity contribution >= 4 is 42.0 Å². The number of hydrogen-bond donors (Lipinski definition) is 3. The van der Waals surface area contributed by atoms with Gasteiger partial charge in [0.1, 0.15) is 0 Å². The van der Waals surface area contributed by atoms with Gasteiger partial charge in [-0.3, -0.25) is 14.4 Å². The second-order valence-electron chi connectivity index (χ2n) is 10.0. The average molecular weight is 538 g/mol. The summed E-state index contributed by atoms with van der Waals surface area (Å²) in [4.78, 5) is 24.9. The van der Waals surface area contributed by atoms with E-state index in [0.29, 0.717) is 12.5 Å². The predicted octanol–water partition coefficient (Wildman–Crippen LogP) is 5.15. The first kappa shape index (κ1) is 27.4. The van der Waals surface area contributed by atoms with Gasteiger partial charge in [-0.15, -0.1) is 0 Å². The van der Waals surface area contributed by atoms with Crippen molar-refractivity contribution in [1.29, 1.82) is 0 Å². The number of benzene rings is 1. The lowest BCUT2D eigenvalue weighted by Gasteiger charge is -2.52. The number of unbranched alkanes of at least 4 members (excludes halogenated alkanes) is 2. The molecular formula is C26H40N3O3PS2. The van der Waals surface area contributed by atoms with Crippen molar-refractivity contribution in [3.63, 3.8) is 0 Å². The number of para-hydroxylation sites is 1. The summed E-state index contributed by atoms with van der Waals surface area (Å²) in [6.07, 6.45) is 8.35. The number of aromatic nitrogens is 1. The molecule has 194 valence electrons. The molecule has 1 unspecified atom stereocenters. The molecule has 3 aliphatic heterocycles. The second kappa shape index (κ2) is 13.3. The highest BCUT2D eigenvalue weighted by atomic mass is 32.2. The molecule has 0 saturated carbocycles. The lowest BCUT2D eigenvalue weighted by molar-refractivity contribution is -0.0101. The van der Waals surface area contributed by atoms with Crippen LogP contribution >= 0.6 is 31.1 Å². The number of rotatable bonds is 14. The Hall–Kier alpha value is -0.600. The third-order valence-electron chi connectivity index (χ3n) is 7.64. The zero-order valence-corrected chi connectivity index (χ0v) is 23.0. The van der Waals surface area contributed by atoms with Gasteiger partial charge in [0.15, 0.2) is 0 Å². The number of thioether (sulfide) groups is 2. The number of nitrogens with two attached hydrogens (primary N) is 1. The van der Waals surface area contributed by atoms with Crippen LogP contribution in [0.25, 0.3) is 10.9 Å². The van der Waals surface area contributed by atoms with E-state index in [1.807, 2.05) is 24.0 Å². The molecule has 5 atom stereocenters. The van der Waals surface area contributed by atoms with Crippen LogP contribution in [0.1, 0.15) is 50.1 Å². The fraction of sp³-hybridized carbons (Fsp3) is 0.654. The lowest BCUT2D eigenvalue weighted by atomic mass is 9.72. The van der Waals surface area contributed by atoms with Crippen LogP contribution < -0.4 is 5.73 Å². The van der Waals surface area contributed by atoms with Crippen molar-refractivity contribution in [2.24, 2.45) is 17.6 Å². The van der Waals surface area contributed by atoms with Crippen LogP contribution in [0.2, 0.25) is 0 Å². The topological polar surface area (TPSA) is 99.7 Å². The van der Waals surface area contributed by atoms with Crippen molar-refractivity contribution in [2.45, 2.75) is 50.6 Å². The summed E-state index contributed by atoms with van der Waals surface area (Å²) < 4.78 is 10.8. The highest BCUT2D eigenvalue weighted by molar-refractivity contribution is 8.02. The second-order valence-corrected chi connectivity index (χ2v) is 14.2. The van der Waals surface area contributed by atoms with Gasteiger partial charge in [0.05, 0.1) is 5.52 Å². The number of piperidine rings is 3. The summed E-state index contributed by atoms with van der Waals surface area (Å²) in [6.45, 7) is 2.37. The van der Waals surface area contributed by atoms with E-state index < -0.39 is 7.60 Å². The monoisotopic (exact) mass is 537 g/mol. The minimum absolute atomic E-state index is 0.0282. The molecule has 0 amide bonds. The molecule has 1 aromatic heterocycles. The van der Waals surface area contributed by atoms with Gasteiger partial charge in [0.2, 0.25) is 0 Å². The van der Waals surface area contributed by atoms with Crippen LogP contribution in [0.3, 0.4) is 0 Å². The quantitative estimate of drug-likeness (QED) is 0.225. The van der Waals surface area contributed by atoms with Crippen LogP contribution in [0.5, 0.6) is 0 Å². The van der Waals surface area contributed by atoms with Gasteiger partial charge >= 0.3 is 7.60 Å².